The fraction of sp³-hybridized carbons (Fsp3) is 0.500. The minimum atomic E-state index is -0.562. The molecule has 0 atom stereocenters. The molecule has 0 radical (unpaired) electrons. The average molecular weight is 265 g/mol. The van der Waals surface area contributed by atoms with E-state index in [2.05, 4.69) is 4.74 Å². The summed E-state index contributed by atoms with van der Waals surface area (Å²) in [6.07, 6.45) is 0. The van der Waals surface area contributed by atoms with Crippen molar-refractivity contribution < 1.29 is 48.2 Å². The van der Waals surface area contributed by atoms with Crippen molar-refractivity contribution in [3.05, 3.63) is 0 Å². The van der Waals surface area contributed by atoms with E-state index in [0.717, 1.165) is 0 Å². The van der Waals surface area contributed by atoms with E-state index in [1.54, 1.807) is 0 Å². The third-order valence-electron chi connectivity index (χ3n) is 0.287. The van der Waals surface area contributed by atoms with Crippen molar-refractivity contribution in [2.24, 2.45) is 0 Å². The molecule has 0 unspecified atom stereocenters. The zero-order chi connectivity index (χ0) is 5.86. The molecule has 46 valence electrons. The summed E-state index contributed by atoms with van der Waals surface area (Å²) in [5.74, 6) is -1.12. The summed E-state index contributed by atoms with van der Waals surface area (Å²) in [6.45, 7) is 2.36. The van der Waals surface area contributed by atoms with Crippen LogP contribution in [0.2, 0.25) is 0 Å². The Morgan fingerprint density at radius 1 is 1.22 bits per heavy atom. The largest absolute Gasteiger partial charge is 2.00 e. The maximum Gasteiger partial charge on any atom is 2.00 e. The van der Waals surface area contributed by atoms with E-state index < -0.39 is 11.9 Å². The van der Waals surface area contributed by atoms with Crippen LogP contribution in [0.15, 0.2) is 0 Å². The Kier molecular flexibility index (Phi) is 18.3. The van der Waals surface area contributed by atoms with Crippen molar-refractivity contribution in [1.29, 1.82) is 0 Å². The van der Waals surface area contributed by atoms with Crippen molar-refractivity contribution in [2.75, 3.05) is 0 Å². The molecule has 0 heterocycles. The molecule has 0 bridgehead atoms. The normalized spacial score (nSPS) is 6.00. The van der Waals surface area contributed by atoms with E-state index >= 15 is 0 Å². The van der Waals surface area contributed by atoms with Crippen molar-refractivity contribution in [3.8, 4) is 0 Å². The maximum atomic E-state index is 9.81. The molecule has 0 spiro atoms. The monoisotopic (exact) mass is 266 g/mol. The predicted molar refractivity (Wildman–Crippen MR) is 31.5 cm³/mol. The number of carbonyl (C=O) groups excluding carboxylic acids is 2. The van der Waals surface area contributed by atoms with E-state index in [4.69, 9.17) is 0 Å². The van der Waals surface area contributed by atoms with Gasteiger partial charge >= 0.3 is 90.4 Å². The first-order chi connectivity index (χ1) is 3.13. The molecule has 0 aliphatic heterocycles. The van der Waals surface area contributed by atoms with Gasteiger partial charge in [-0.2, -0.15) is 0 Å². The molecule has 0 aliphatic carbocycles. The van der Waals surface area contributed by atoms with E-state index in [1.807, 2.05) is 0 Å². The van der Waals surface area contributed by atoms with Crippen LogP contribution in [0.3, 0.4) is 0 Å². The molecule has 0 N–H and O–H groups in total. The van der Waals surface area contributed by atoms with Gasteiger partial charge in [-0.3, -0.25) is 9.59 Å². The summed E-state index contributed by atoms with van der Waals surface area (Å²) in [5.41, 5.74) is 0. The predicted octanol–water partition coefficient (Wildman–Crippen LogP) is -2.94. The van der Waals surface area contributed by atoms with Crippen LogP contribution < -0.4 is 29.6 Å². The van der Waals surface area contributed by atoms with Gasteiger partial charge < -0.3 is 9.02 Å². The Balaban J connectivity index is -0.0000000180. The molecule has 0 saturated carbocycles. The molecule has 0 aliphatic rings. The second-order valence-electron chi connectivity index (χ2n) is 1.09. The number of hydrogen-bond acceptors (Lipinski definition) is 3. The van der Waals surface area contributed by atoms with Gasteiger partial charge in [0.15, 0.2) is 0 Å². The second-order valence-corrected chi connectivity index (χ2v) is 1.09. The number of hydrogen-bond donors (Lipinski definition) is 0. The summed E-state index contributed by atoms with van der Waals surface area (Å²) in [4.78, 5) is 19.6. The van der Waals surface area contributed by atoms with Crippen molar-refractivity contribution in [3.63, 3.8) is 0 Å². The number of carbonyl (C=O) groups is 2. The first-order valence-electron chi connectivity index (χ1n) is 1.82. The SMILES string of the molecule is CC(=O)OC(C)=O.[Ba+2].[H-].[H-].[H-].[Na+]. The molecule has 0 fully saturated rings. The molecule has 0 aromatic heterocycles. The Bertz CT molecular complexity index is 102. The van der Waals surface area contributed by atoms with Crippen LogP contribution in [0.5, 0.6) is 0 Å². The zero-order valence-corrected chi connectivity index (χ0v) is 12.4. The van der Waals surface area contributed by atoms with Gasteiger partial charge in [0.05, 0.1) is 0 Å². The molecule has 3 nitrogen and oxygen atoms in total. The second kappa shape index (κ2) is 9.71. The van der Waals surface area contributed by atoms with Crippen molar-refractivity contribution in [2.45, 2.75) is 13.8 Å². The van der Waals surface area contributed by atoms with Gasteiger partial charge in [-0.25, -0.2) is 0 Å². The molecule has 0 aromatic carbocycles. The van der Waals surface area contributed by atoms with Crippen LogP contribution in [0.1, 0.15) is 18.1 Å². The molecule has 0 saturated heterocycles. The van der Waals surface area contributed by atoms with Crippen LogP contribution in [0, 0.1) is 0 Å². The summed E-state index contributed by atoms with van der Waals surface area (Å²) in [6, 6.07) is 0. The summed E-state index contributed by atoms with van der Waals surface area (Å²) < 4.78 is 3.97. The van der Waals surface area contributed by atoms with Gasteiger partial charge in [-0.05, 0) is 0 Å². The quantitative estimate of drug-likeness (QED) is 0.267. The van der Waals surface area contributed by atoms with Crippen LogP contribution in [-0.2, 0) is 14.3 Å². The van der Waals surface area contributed by atoms with Crippen LogP contribution >= 0.6 is 0 Å². The van der Waals surface area contributed by atoms with Crippen LogP contribution in [0.25, 0.3) is 0 Å². The molecular weight excluding hydrogens is 256 g/mol. The molecule has 0 amide bonds. The topological polar surface area (TPSA) is 43.4 Å². The maximum absolute atomic E-state index is 9.81. The van der Waals surface area contributed by atoms with Gasteiger partial charge in [-0.15, -0.1) is 0 Å². The van der Waals surface area contributed by atoms with Crippen LogP contribution in [-0.4, -0.2) is 60.8 Å². The zero-order valence-electron chi connectivity index (χ0n) is 8.93. The number of esters is 2. The third kappa shape index (κ3) is 17.7. The smallest absolute Gasteiger partial charge is 1.00 e. The first kappa shape index (κ1) is 17.0. The fourth-order valence-electron chi connectivity index (χ4n) is 0.202. The van der Waals surface area contributed by atoms with Crippen molar-refractivity contribution in [1.82, 2.24) is 0 Å². The molecule has 9 heavy (non-hydrogen) atoms. The minimum absolute atomic E-state index is 0. The first-order valence-corrected chi connectivity index (χ1v) is 1.82. The fourth-order valence-corrected chi connectivity index (χ4v) is 0.202. The summed E-state index contributed by atoms with van der Waals surface area (Å²) in [5, 5.41) is 0. The average Bonchev–Trinajstić information content (AvgIpc) is 1.27. The van der Waals surface area contributed by atoms with Gasteiger partial charge in [0.1, 0.15) is 0 Å². The van der Waals surface area contributed by atoms with Gasteiger partial charge in [0.2, 0.25) is 0 Å². The molecule has 0 aromatic rings. The van der Waals surface area contributed by atoms with Crippen LogP contribution in [0.4, 0.5) is 0 Å². The minimum Gasteiger partial charge on any atom is -1.00 e. The Morgan fingerprint density at radius 2 is 1.44 bits per heavy atom. The van der Waals surface area contributed by atoms with E-state index in [9.17, 15) is 9.59 Å². The molecule has 5 heteroatoms. The Labute approximate surface area is 121 Å². The van der Waals surface area contributed by atoms with E-state index in [0.29, 0.717) is 0 Å². The molecule has 0 rings (SSSR count). The summed E-state index contributed by atoms with van der Waals surface area (Å²) >= 11 is 0. The van der Waals surface area contributed by atoms with Gasteiger partial charge in [0, 0.05) is 13.8 Å². The van der Waals surface area contributed by atoms with E-state index in [-0.39, 0.29) is 82.7 Å². The van der Waals surface area contributed by atoms with Gasteiger partial charge in [-0.1, -0.05) is 0 Å². The molecular formula is C4H9BaNaO3. The number of ether oxygens (including phenoxy) is 1. The van der Waals surface area contributed by atoms with Crippen molar-refractivity contribution >= 4 is 60.8 Å². The third-order valence-corrected chi connectivity index (χ3v) is 0.287. The summed E-state index contributed by atoms with van der Waals surface area (Å²) in [7, 11) is 0. The standard InChI is InChI=1S/C4H6O3.Ba.Na.3H/c1-3(5)7-4(2)6;;;;;/h1-2H3;;;;;/q;+2;+1;3*-1. The van der Waals surface area contributed by atoms with E-state index in [1.165, 1.54) is 13.8 Å². The Hall–Kier alpha value is 1.71. The Morgan fingerprint density at radius 3 is 1.44 bits per heavy atom. The number of rotatable bonds is 0. The van der Waals surface area contributed by atoms with Gasteiger partial charge in [0.25, 0.3) is 0 Å².